The van der Waals surface area contributed by atoms with Gasteiger partial charge in [0.2, 0.25) is 0 Å². The molecule has 0 aliphatic heterocycles. The van der Waals surface area contributed by atoms with Gasteiger partial charge in [0.1, 0.15) is 0 Å². The van der Waals surface area contributed by atoms with E-state index < -0.39 is 0 Å². The third-order valence-corrected chi connectivity index (χ3v) is 1.85. The van der Waals surface area contributed by atoms with Crippen LogP contribution in [0.2, 0.25) is 0 Å². The van der Waals surface area contributed by atoms with Crippen LogP contribution in [0.4, 0.5) is 0 Å². The van der Waals surface area contributed by atoms with Crippen LogP contribution in [0.25, 0.3) is 0 Å². The van der Waals surface area contributed by atoms with Gasteiger partial charge in [-0.1, -0.05) is 32.2 Å². The lowest BCUT2D eigenvalue weighted by Gasteiger charge is -2.03. The van der Waals surface area contributed by atoms with Crippen LogP contribution in [0, 0.1) is 5.92 Å². The molecule has 1 nitrogen and oxygen atoms in total. The van der Waals surface area contributed by atoms with Gasteiger partial charge in [-0.3, -0.25) is 0 Å². The van der Waals surface area contributed by atoms with Gasteiger partial charge in [-0.05, 0) is 17.7 Å². The molecule has 0 saturated carbocycles. The Kier molecular flexibility index (Phi) is 6.59. The second-order valence-corrected chi connectivity index (χ2v) is 3.83. The lowest BCUT2D eigenvalue weighted by atomic mass is 10.1. The quantitative estimate of drug-likeness (QED) is 0.374. The van der Waals surface area contributed by atoms with Gasteiger partial charge >= 0.3 is 0 Å². The first-order valence-corrected chi connectivity index (χ1v) is 4.99. The average molecular weight is 187 g/mol. The minimum atomic E-state index is 0.646. The molecule has 0 atom stereocenters. The number of aliphatic imine (C=N–C) groups is 1. The highest BCUT2D eigenvalue weighted by Gasteiger charge is 2.00. The second-order valence-electron chi connectivity index (χ2n) is 2.53. The van der Waals surface area contributed by atoms with E-state index in [9.17, 15) is 0 Å². The summed E-state index contributed by atoms with van der Waals surface area (Å²) in [5, 5.41) is 2.90. The Bertz CT molecular complexity index is 163. The van der Waals surface area contributed by atoms with Crippen LogP contribution >= 0.6 is 20.6 Å². The zero-order valence-electron chi connectivity index (χ0n) is 7.00. The molecule has 0 aromatic carbocycles. The Morgan fingerprint density at radius 3 is 2.73 bits per heavy atom. The largest absolute Gasteiger partial charge is 0.250 e. The molecule has 11 heavy (non-hydrogen) atoms. The molecule has 0 rings (SSSR count). The first-order valence-electron chi connectivity index (χ1n) is 3.54. The van der Waals surface area contributed by atoms with Gasteiger partial charge < -0.3 is 0 Å². The average Bonchev–Trinajstić information content (AvgIpc) is 1.87. The van der Waals surface area contributed by atoms with Crippen molar-refractivity contribution in [2.75, 3.05) is 0 Å². The molecule has 0 saturated heterocycles. The van der Waals surface area contributed by atoms with Gasteiger partial charge in [-0.2, -0.15) is 0 Å². The summed E-state index contributed by atoms with van der Waals surface area (Å²) in [7, 11) is 3.19. The molecule has 0 aliphatic carbocycles. The minimum Gasteiger partial charge on any atom is -0.250 e. The summed E-state index contributed by atoms with van der Waals surface area (Å²) < 4.78 is 0. The summed E-state index contributed by atoms with van der Waals surface area (Å²) in [6.45, 7) is 7.99. The summed E-state index contributed by atoms with van der Waals surface area (Å²) >= 11 is 1.58. The van der Waals surface area contributed by atoms with Crippen LogP contribution in [0.15, 0.2) is 17.0 Å². The standard InChI is InChI=1S/C8H14NPS/c1-4-11-8(9-6-10)5-7(2)3/h4,6-7,10H,1,5H2,2-3H3/b9-8+. The first kappa shape index (κ1) is 10.9. The fourth-order valence-corrected chi connectivity index (χ4v) is 1.63. The van der Waals surface area contributed by atoms with E-state index in [2.05, 4.69) is 34.3 Å². The van der Waals surface area contributed by atoms with Crippen LogP contribution in [0.5, 0.6) is 0 Å². The molecular formula is C8H14NPS. The van der Waals surface area contributed by atoms with Crippen molar-refractivity contribution >= 4 is 31.6 Å². The molecule has 0 aromatic heterocycles. The highest BCUT2D eigenvalue weighted by molar-refractivity contribution is 8.16. The molecule has 0 aromatic rings. The number of nitrogens with zero attached hydrogens (tertiary/aromatic N) is 1. The summed E-state index contributed by atoms with van der Waals surface area (Å²) in [6, 6.07) is 0. The third kappa shape index (κ3) is 6.33. The van der Waals surface area contributed by atoms with E-state index in [0.717, 1.165) is 11.5 Å². The SMILES string of the molecule is C=CS/C(CC(C)C)=N/C=P. The maximum absolute atomic E-state index is 4.15. The Labute approximate surface area is 75.2 Å². The van der Waals surface area contributed by atoms with Gasteiger partial charge in [0.15, 0.2) is 0 Å². The lowest BCUT2D eigenvalue weighted by molar-refractivity contribution is 0.689. The summed E-state index contributed by atoms with van der Waals surface area (Å²) in [5.41, 5.74) is 0. The van der Waals surface area contributed by atoms with E-state index in [4.69, 9.17) is 0 Å². The Morgan fingerprint density at radius 1 is 1.73 bits per heavy atom. The summed E-state index contributed by atoms with van der Waals surface area (Å²) in [4.78, 5) is 4.15. The fourth-order valence-electron chi connectivity index (χ4n) is 0.649. The second kappa shape index (κ2) is 6.63. The van der Waals surface area contributed by atoms with Gasteiger partial charge in [-0.15, -0.1) is 8.86 Å². The molecule has 0 aliphatic rings. The van der Waals surface area contributed by atoms with Crippen molar-refractivity contribution in [1.29, 1.82) is 0 Å². The normalized spacial score (nSPS) is 11.7. The molecule has 0 bridgehead atoms. The summed E-state index contributed by atoms with van der Waals surface area (Å²) in [5.74, 6) is 2.28. The molecule has 0 fully saturated rings. The molecule has 0 spiro atoms. The number of rotatable bonds is 4. The van der Waals surface area contributed by atoms with Gasteiger partial charge in [-0.25, -0.2) is 4.99 Å². The van der Waals surface area contributed by atoms with E-state index >= 15 is 0 Å². The van der Waals surface area contributed by atoms with Gasteiger partial charge in [0.25, 0.3) is 0 Å². The molecule has 0 radical (unpaired) electrons. The fraction of sp³-hybridized carbons (Fsp3) is 0.500. The van der Waals surface area contributed by atoms with Crippen LogP contribution < -0.4 is 0 Å². The molecular weight excluding hydrogens is 173 g/mol. The van der Waals surface area contributed by atoms with E-state index in [1.165, 1.54) is 0 Å². The molecule has 0 amide bonds. The number of hydrogen-bond donors (Lipinski definition) is 0. The minimum absolute atomic E-state index is 0.646. The summed E-state index contributed by atoms with van der Waals surface area (Å²) in [6.07, 6.45) is 1.01. The highest BCUT2D eigenvalue weighted by atomic mass is 32.2. The maximum atomic E-state index is 4.15. The Morgan fingerprint density at radius 2 is 2.36 bits per heavy atom. The maximum Gasteiger partial charge on any atom is 0.0779 e. The lowest BCUT2D eigenvalue weighted by Crippen LogP contribution is -1.97. The van der Waals surface area contributed by atoms with Crippen LogP contribution in [0.1, 0.15) is 20.3 Å². The van der Waals surface area contributed by atoms with E-state index in [0.29, 0.717) is 5.92 Å². The molecule has 0 heterocycles. The molecule has 0 N–H and O–H groups in total. The smallest absolute Gasteiger partial charge is 0.0779 e. The molecule has 0 unspecified atom stereocenters. The van der Waals surface area contributed by atoms with Crippen molar-refractivity contribution in [3.05, 3.63) is 12.0 Å². The van der Waals surface area contributed by atoms with E-state index in [-0.39, 0.29) is 0 Å². The molecule has 62 valence electrons. The zero-order valence-corrected chi connectivity index (χ0v) is 8.82. The third-order valence-electron chi connectivity index (χ3n) is 1.01. The molecule has 3 heteroatoms. The van der Waals surface area contributed by atoms with Crippen molar-refractivity contribution in [3.63, 3.8) is 0 Å². The van der Waals surface area contributed by atoms with Gasteiger partial charge in [0, 0.05) is 5.92 Å². The zero-order chi connectivity index (χ0) is 8.69. The first-order chi connectivity index (χ1) is 5.20. The number of hydrogen-bond acceptors (Lipinski definition) is 1. The monoisotopic (exact) mass is 187 g/mol. The van der Waals surface area contributed by atoms with Crippen molar-refractivity contribution in [3.8, 4) is 0 Å². The van der Waals surface area contributed by atoms with Crippen molar-refractivity contribution in [2.45, 2.75) is 20.3 Å². The van der Waals surface area contributed by atoms with E-state index in [1.54, 1.807) is 23.1 Å². The topological polar surface area (TPSA) is 12.4 Å². The Hall–Kier alpha value is -0.0700. The Balaban J connectivity index is 3.98. The van der Waals surface area contributed by atoms with Crippen LogP contribution in [0.3, 0.4) is 0 Å². The predicted molar refractivity (Wildman–Crippen MR) is 59.1 cm³/mol. The van der Waals surface area contributed by atoms with Crippen LogP contribution in [-0.4, -0.2) is 11.0 Å². The van der Waals surface area contributed by atoms with Crippen molar-refractivity contribution in [2.24, 2.45) is 10.9 Å². The number of thioether (sulfide) groups is 1. The predicted octanol–water partition coefficient (Wildman–Crippen LogP) is 3.21. The van der Waals surface area contributed by atoms with Crippen molar-refractivity contribution < 1.29 is 0 Å². The highest BCUT2D eigenvalue weighted by Crippen LogP contribution is 2.13. The van der Waals surface area contributed by atoms with Crippen molar-refractivity contribution in [1.82, 2.24) is 0 Å². The van der Waals surface area contributed by atoms with Gasteiger partial charge in [0.05, 0.1) is 5.04 Å². The van der Waals surface area contributed by atoms with E-state index in [1.807, 2.05) is 0 Å². The van der Waals surface area contributed by atoms with Crippen LogP contribution in [-0.2, 0) is 0 Å².